The third kappa shape index (κ3) is 4.80. The van der Waals surface area contributed by atoms with Gasteiger partial charge in [0.2, 0.25) is 11.5 Å². The molecule has 0 spiro atoms. The molecule has 0 aliphatic carbocycles. The maximum Gasteiger partial charge on any atom is 0.205 e. The summed E-state index contributed by atoms with van der Waals surface area (Å²) in [6.07, 6.45) is 4.48. The van der Waals surface area contributed by atoms with Gasteiger partial charge in [0.25, 0.3) is 0 Å². The van der Waals surface area contributed by atoms with Crippen LogP contribution in [-0.4, -0.2) is 50.2 Å². The zero-order valence-corrected chi connectivity index (χ0v) is 23.9. The Kier molecular flexibility index (Phi) is 7.87. The minimum absolute atomic E-state index is 0.00270. The van der Waals surface area contributed by atoms with Crippen molar-refractivity contribution in [1.82, 2.24) is 10.2 Å². The van der Waals surface area contributed by atoms with Crippen LogP contribution in [0, 0.1) is 0 Å². The zero-order valence-electron chi connectivity index (χ0n) is 23.9. The second-order valence-electron chi connectivity index (χ2n) is 9.11. The van der Waals surface area contributed by atoms with Gasteiger partial charge in [-0.2, -0.15) is 10.2 Å². The number of carbonyl (C=O) groups is 2. The molecule has 12 heteroatoms. The molecule has 2 aromatic carbocycles. The number of methoxy groups -OCH3 is 4. The van der Waals surface area contributed by atoms with E-state index >= 15 is 0 Å². The molecule has 0 bridgehead atoms. The van der Waals surface area contributed by atoms with Crippen LogP contribution in [0.3, 0.4) is 0 Å². The number of ketones is 2. The third-order valence-electron chi connectivity index (χ3n) is 6.58. The average molecular weight is 577 g/mol. The van der Waals surface area contributed by atoms with Crippen LogP contribution in [0.25, 0.3) is 21.9 Å². The van der Waals surface area contributed by atoms with Gasteiger partial charge in [-0.15, -0.1) is 0 Å². The summed E-state index contributed by atoms with van der Waals surface area (Å²) in [4.78, 5) is 25.3. The normalized spacial score (nSPS) is 11.0. The SMILES string of the molecule is COc1c(C(C)=O)c(OCc2cnnc(COc3c(C(C)=O)c(OC)c4ccoc4c3OC)c2)c(OC)c2occc12. The summed E-state index contributed by atoms with van der Waals surface area (Å²) in [5.74, 6) is 0.922. The molecule has 0 N–H and O–H groups in total. The topological polar surface area (TPSA) is 142 Å². The van der Waals surface area contributed by atoms with Crippen LogP contribution >= 0.6 is 0 Å². The Balaban J connectivity index is 1.45. The van der Waals surface area contributed by atoms with Crippen LogP contribution in [0.15, 0.2) is 45.8 Å². The van der Waals surface area contributed by atoms with Crippen LogP contribution in [0.2, 0.25) is 0 Å². The van der Waals surface area contributed by atoms with Crippen molar-refractivity contribution in [2.45, 2.75) is 27.1 Å². The molecule has 0 unspecified atom stereocenters. The molecule has 5 rings (SSSR count). The number of carbonyl (C=O) groups excluding carboxylic acids is 2. The Bertz CT molecular complexity index is 1680. The second kappa shape index (κ2) is 11.7. The van der Waals surface area contributed by atoms with Gasteiger partial charge in [0.05, 0.1) is 57.9 Å². The van der Waals surface area contributed by atoms with Crippen molar-refractivity contribution in [2.24, 2.45) is 0 Å². The standard InChI is InChI=1S/C30H28N2O10/c1-15(33)21-23(35-3)19-7-9-39-25(19)29(37-5)27(21)41-13-17-11-18(32-31-12-17)14-42-28-22(16(2)34)24(36-4)20-8-10-40-26(20)30(28)38-6/h7-12H,13-14H2,1-6H3. The van der Waals surface area contributed by atoms with Crippen LogP contribution in [0.4, 0.5) is 0 Å². The quantitative estimate of drug-likeness (QED) is 0.171. The summed E-state index contributed by atoms with van der Waals surface area (Å²) in [5.41, 5.74) is 2.25. The molecule has 0 saturated heterocycles. The van der Waals surface area contributed by atoms with E-state index in [0.717, 1.165) is 0 Å². The minimum Gasteiger partial charge on any atom is -0.495 e. The summed E-state index contributed by atoms with van der Waals surface area (Å²) in [6, 6.07) is 5.10. The lowest BCUT2D eigenvalue weighted by molar-refractivity contribution is 0.0996. The van der Waals surface area contributed by atoms with Gasteiger partial charge >= 0.3 is 0 Å². The maximum absolute atomic E-state index is 12.7. The lowest BCUT2D eigenvalue weighted by Gasteiger charge is -2.18. The molecule has 3 heterocycles. The molecule has 3 aromatic heterocycles. The smallest absolute Gasteiger partial charge is 0.205 e. The summed E-state index contributed by atoms with van der Waals surface area (Å²) in [5, 5.41) is 9.38. The lowest BCUT2D eigenvalue weighted by atomic mass is 10.0. The molecule has 0 fully saturated rings. The van der Waals surface area contributed by atoms with E-state index in [2.05, 4.69) is 10.2 Å². The van der Waals surface area contributed by atoms with Crippen LogP contribution < -0.4 is 28.4 Å². The predicted molar refractivity (Wildman–Crippen MR) is 149 cm³/mol. The number of ether oxygens (including phenoxy) is 6. The Hall–Kier alpha value is -5.26. The first kappa shape index (κ1) is 28.3. The number of aromatic nitrogens is 2. The van der Waals surface area contributed by atoms with Crippen LogP contribution in [0.1, 0.15) is 45.8 Å². The Labute approximate surface area is 240 Å². The van der Waals surface area contributed by atoms with Crippen LogP contribution in [0.5, 0.6) is 34.5 Å². The Morgan fingerprint density at radius 1 is 0.690 bits per heavy atom. The van der Waals surface area contributed by atoms with Crippen molar-refractivity contribution >= 4 is 33.5 Å². The van der Waals surface area contributed by atoms with Gasteiger partial charge in [-0.25, -0.2) is 0 Å². The van der Waals surface area contributed by atoms with E-state index in [0.29, 0.717) is 44.7 Å². The number of nitrogens with zero attached hydrogens (tertiary/aromatic N) is 2. The molecule has 0 aliphatic rings. The Morgan fingerprint density at radius 3 is 1.62 bits per heavy atom. The van der Waals surface area contributed by atoms with E-state index in [4.69, 9.17) is 37.3 Å². The fraction of sp³-hybridized carbons (Fsp3) is 0.267. The van der Waals surface area contributed by atoms with Gasteiger partial charge in [0.1, 0.15) is 41.5 Å². The van der Waals surface area contributed by atoms with Crippen molar-refractivity contribution in [3.63, 3.8) is 0 Å². The molecule has 12 nitrogen and oxygen atoms in total. The van der Waals surface area contributed by atoms with E-state index in [1.807, 2.05) is 0 Å². The number of fused-ring (bicyclic) bond motifs is 2. The highest BCUT2D eigenvalue weighted by atomic mass is 16.5. The third-order valence-corrected chi connectivity index (χ3v) is 6.58. The summed E-state index contributed by atoms with van der Waals surface area (Å²) in [7, 11) is 5.85. The van der Waals surface area contributed by atoms with E-state index < -0.39 is 0 Å². The highest BCUT2D eigenvalue weighted by Gasteiger charge is 2.29. The van der Waals surface area contributed by atoms with E-state index in [1.165, 1.54) is 61.0 Å². The summed E-state index contributed by atoms with van der Waals surface area (Å²) in [6.45, 7) is 2.76. The van der Waals surface area contributed by atoms with Crippen molar-refractivity contribution in [1.29, 1.82) is 0 Å². The van der Waals surface area contributed by atoms with E-state index in [1.54, 1.807) is 18.2 Å². The fourth-order valence-corrected chi connectivity index (χ4v) is 4.85. The van der Waals surface area contributed by atoms with Crippen LogP contribution in [-0.2, 0) is 13.2 Å². The molecule has 5 aromatic rings. The average Bonchev–Trinajstić information content (AvgIpc) is 3.67. The molecular formula is C30H28N2O10. The van der Waals surface area contributed by atoms with Crippen molar-refractivity contribution in [3.05, 3.63) is 59.3 Å². The monoisotopic (exact) mass is 576 g/mol. The highest BCUT2D eigenvalue weighted by molar-refractivity contribution is 6.09. The van der Waals surface area contributed by atoms with E-state index in [9.17, 15) is 9.59 Å². The summed E-state index contributed by atoms with van der Waals surface area (Å²) < 4.78 is 45.6. The minimum atomic E-state index is -0.282. The molecule has 0 atom stereocenters. The van der Waals surface area contributed by atoms with Gasteiger partial charge in [-0.05, 0) is 32.0 Å². The zero-order chi connectivity index (χ0) is 30.0. The molecule has 0 radical (unpaired) electrons. The van der Waals surface area contributed by atoms with Gasteiger partial charge < -0.3 is 37.3 Å². The van der Waals surface area contributed by atoms with Gasteiger partial charge in [0.15, 0.2) is 34.2 Å². The first-order valence-corrected chi connectivity index (χ1v) is 12.7. The number of furan rings is 2. The molecule has 42 heavy (non-hydrogen) atoms. The van der Waals surface area contributed by atoms with Gasteiger partial charge in [-0.1, -0.05) is 0 Å². The number of hydrogen-bond acceptors (Lipinski definition) is 12. The number of rotatable bonds is 12. The number of Topliss-reactive ketones (excluding diaryl/α,β-unsaturated/α-hetero) is 2. The first-order valence-electron chi connectivity index (χ1n) is 12.7. The molecule has 0 saturated carbocycles. The largest absolute Gasteiger partial charge is 0.495 e. The van der Waals surface area contributed by atoms with E-state index in [-0.39, 0.29) is 58.9 Å². The molecule has 0 aliphatic heterocycles. The molecular weight excluding hydrogens is 548 g/mol. The second-order valence-corrected chi connectivity index (χ2v) is 9.11. The van der Waals surface area contributed by atoms with Crippen molar-refractivity contribution in [2.75, 3.05) is 28.4 Å². The molecule has 0 amide bonds. The Morgan fingerprint density at radius 2 is 1.17 bits per heavy atom. The number of benzene rings is 2. The number of hydrogen-bond donors (Lipinski definition) is 0. The fourth-order valence-electron chi connectivity index (χ4n) is 4.85. The molecule has 218 valence electrons. The summed E-state index contributed by atoms with van der Waals surface area (Å²) >= 11 is 0. The van der Waals surface area contributed by atoms with Gasteiger partial charge in [-0.3, -0.25) is 9.59 Å². The lowest BCUT2D eigenvalue weighted by Crippen LogP contribution is -2.09. The van der Waals surface area contributed by atoms with Crippen molar-refractivity contribution in [3.8, 4) is 34.5 Å². The predicted octanol–water partition coefficient (Wildman–Crippen LogP) is 5.57. The maximum atomic E-state index is 12.7. The van der Waals surface area contributed by atoms with Gasteiger partial charge in [0, 0.05) is 5.56 Å². The highest BCUT2D eigenvalue weighted by Crippen LogP contribution is 2.48. The van der Waals surface area contributed by atoms with Crippen molar-refractivity contribution < 1.29 is 46.8 Å². The first-order chi connectivity index (χ1) is 20.3.